The number of allylic oxidation sites excluding steroid dienone is 2. The Morgan fingerprint density at radius 1 is 1.21 bits per heavy atom. The van der Waals surface area contributed by atoms with Crippen molar-refractivity contribution in [2.45, 2.75) is 58.7 Å². The molecule has 0 unspecified atom stereocenters. The molecular weight excluding hydrogens is 538 g/mol. The highest BCUT2D eigenvalue weighted by molar-refractivity contribution is 6.16. The topological polar surface area (TPSA) is 106 Å². The molecule has 1 aromatic heterocycles. The van der Waals surface area contributed by atoms with E-state index in [9.17, 15) is 9.59 Å². The predicted octanol–water partition coefficient (Wildman–Crippen LogP) is 4.07. The zero-order valence-electron chi connectivity index (χ0n) is 25.2. The molecule has 4 rings (SSSR count). The van der Waals surface area contributed by atoms with Crippen LogP contribution in [-0.2, 0) is 20.8 Å². The van der Waals surface area contributed by atoms with Crippen molar-refractivity contribution >= 4 is 17.7 Å². The van der Waals surface area contributed by atoms with Crippen LogP contribution in [0.2, 0.25) is 0 Å². The van der Waals surface area contributed by atoms with E-state index < -0.39 is 5.60 Å². The molecule has 0 spiro atoms. The smallest absolute Gasteiger partial charge is 0.410 e. The summed E-state index contributed by atoms with van der Waals surface area (Å²) in [6.07, 6.45) is 7.57. The van der Waals surface area contributed by atoms with Gasteiger partial charge in [-0.3, -0.25) is 24.6 Å². The Morgan fingerprint density at radius 3 is 2.60 bits per heavy atom. The molecule has 0 aliphatic carbocycles. The summed E-state index contributed by atoms with van der Waals surface area (Å²) in [5.41, 5.74) is 4.11. The van der Waals surface area contributed by atoms with E-state index in [4.69, 9.17) is 18.9 Å². The SMILES string of the molecule is C=C=C1C(=N/C=C(\C)OC)C=CC(=O)N1CCN1CCC(N(Cc2cc3c(cn2)OCCO3)C(=O)OC(C)(C)C)CC1. The van der Waals surface area contributed by atoms with Crippen molar-refractivity contribution in [3.63, 3.8) is 0 Å². The Bertz CT molecular complexity index is 1300. The molecule has 4 heterocycles. The van der Waals surface area contributed by atoms with Crippen molar-refractivity contribution in [3.05, 3.63) is 60.1 Å². The fourth-order valence-electron chi connectivity index (χ4n) is 4.90. The molecule has 0 radical (unpaired) electrons. The molecule has 226 valence electrons. The average molecular weight is 580 g/mol. The Balaban J connectivity index is 1.40. The van der Waals surface area contributed by atoms with Gasteiger partial charge < -0.3 is 23.8 Å². The number of methoxy groups -OCH3 is 1. The first-order valence-corrected chi connectivity index (χ1v) is 14.2. The zero-order chi connectivity index (χ0) is 30.3. The number of ether oxygens (including phenoxy) is 4. The number of aliphatic imine (C=N–C) groups is 1. The maximum Gasteiger partial charge on any atom is 0.410 e. The number of fused-ring (bicyclic) bond motifs is 1. The normalized spacial score (nSPS) is 19.1. The first-order valence-electron chi connectivity index (χ1n) is 14.2. The highest BCUT2D eigenvalue weighted by Gasteiger charge is 2.32. The summed E-state index contributed by atoms with van der Waals surface area (Å²) >= 11 is 0. The fraction of sp³-hybridized carbons (Fsp3) is 0.516. The largest absolute Gasteiger partial charge is 0.500 e. The Labute approximate surface area is 247 Å². The molecule has 1 aromatic rings. The molecule has 3 aliphatic rings. The molecule has 2 amide bonds. The number of piperidine rings is 1. The van der Waals surface area contributed by atoms with Crippen molar-refractivity contribution in [2.24, 2.45) is 4.99 Å². The van der Waals surface area contributed by atoms with E-state index in [1.54, 1.807) is 42.3 Å². The van der Waals surface area contributed by atoms with E-state index in [-0.39, 0.29) is 18.0 Å². The second-order valence-corrected chi connectivity index (χ2v) is 11.3. The minimum Gasteiger partial charge on any atom is -0.500 e. The van der Waals surface area contributed by atoms with Crippen LogP contribution in [0.15, 0.2) is 59.4 Å². The van der Waals surface area contributed by atoms with Gasteiger partial charge in [0.2, 0.25) is 0 Å². The number of carbonyl (C=O) groups is 2. The Kier molecular flexibility index (Phi) is 10.1. The lowest BCUT2D eigenvalue weighted by Gasteiger charge is -2.39. The standard InChI is InChI=1S/C31H41N5O6/c1-7-26-25(33-19-22(2)39-6)8-9-29(37)35(26)15-14-34-12-10-24(11-13-34)36(30(38)42-31(3,4)5)21-23-18-27-28(20-32-23)41-17-16-40-27/h8-9,18-20,24H,1,10-17,21H2,2-6H3/b22-19+,33-25?. The molecule has 0 N–H and O–H groups in total. The van der Waals surface area contributed by atoms with E-state index >= 15 is 0 Å². The fourth-order valence-corrected chi connectivity index (χ4v) is 4.90. The third-order valence-corrected chi connectivity index (χ3v) is 7.12. The van der Waals surface area contributed by atoms with Crippen LogP contribution in [0.1, 0.15) is 46.2 Å². The van der Waals surface area contributed by atoms with Crippen molar-refractivity contribution < 1.29 is 28.5 Å². The molecule has 0 atom stereocenters. The van der Waals surface area contributed by atoms with E-state index in [1.165, 1.54) is 6.08 Å². The molecule has 11 nitrogen and oxygen atoms in total. The summed E-state index contributed by atoms with van der Waals surface area (Å²) in [4.78, 5) is 40.7. The van der Waals surface area contributed by atoms with Crippen molar-refractivity contribution in [2.75, 3.05) is 46.5 Å². The second kappa shape index (κ2) is 13.7. The lowest BCUT2D eigenvalue weighted by molar-refractivity contribution is -0.124. The molecule has 0 saturated carbocycles. The third kappa shape index (κ3) is 8.02. The molecule has 42 heavy (non-hydrogen) atoms. The molecule has 11 heteroatoms. The van der Waals surface area contributed by atoms with Gasteiger partial charge in [-0.25, -0.2) is 4.79 Å². The number of pyridine rings is 1. The summed E-state index contributed by atoms with van der Waals surface area (Å²) in [6.45, 7) is 15.1. The van der Waals surface area contributed by atoms with E-state index in [0.717, 1.165) is 25.9 Å². The van der Waals surface area contributed by atoms with Gasteiger partial charge >= 0.3 is 6.09 Å². The maximum atomic E-state index is 13.3. The van der Waals surface area contributed by atoms with Gasteiger partial charge in [0, 0.05) is 44.4 Å². The van der Waals surface area contributed by atoms with Crippen LogP contribution in [-0.4, -0.2) is 95.5 Å². The highest BCUT2D eigenvalue weighted by atomic mass is 16.6. The predicted molar refractivity (Wildman–Crippen MR) is 158 cm³/mol. The van der Waals surface area contributed by atoms with Gasteiger partial charge in [-0.2, -0.15) is 0 Å². The van der Waals surface area contributed by atoms with Gasteiger partial charge in [-0.05, 0) is 46.6 Å². The lowest BCUT2D eigenvalue weighted by Crippen LogP contribution is -2.50. The first-order chi connectivity index (χ1) is 20.1. The Morgan fingerprint density at radius 2 is 1.93 bits per heavy atom. The van der Waals surface area contributed by atoms with Crippen LogP contribution < -0.4 is 9.47 Å². The van der Waals surface area contributed by atoms with E-state index in [2.05, 4.69) is 27.2 Å². The van der Waals surface area contributed by atoms with Crippen LogP contribution in [0.4, 0.5) is 4.79 Å². The number of carbonyl (C=O) groups excluding carboxylic acids is 2. The highest BCUT2D eigenvalue weighted by Crippen LogP contribution is 2.30. The first kappa shape index (κ1) is 30.9. The molecule has 0 aromatic carbocycles. The number of amides is 2. The number of likely N-dealkylation sites (tertiary alicyclic amines) is 1. The summed E-state index contributed by atoms with van der Waals surface area (Å²) in [5, 5.41) is 0. The minimum atomic E-state index is -0.623. The average Bonchev–Trinajstić information content (AvgIpc) is 2.97. The zero-order valence-corrected chi connectivity index (χ0v) is 25.2. The van der Waals surface area contributed by atoms with Gasteiger partial charge in [0.05, 0.1) is 37.5 Å². The summed E-state index contributed by atoms with van der Waals surface area (Å²) in [6, 6.07) is 1.81. The van der Waals surface area contributed by atoms with Crippen molar-refractivity contribution in [1.29, 1.82) is 0 Å². The number of hydrogen-bond acceptors (Lipinski definition) is 9. The number of hydrogen-bond donors (Lipinski definition) is 0. The van der Waals surface area contributed by atoms with Gasteiger partial charge in [-0.1, -0.05) is 6.58 Å². The van der Waals surface area contributed by atoms with Gasteiger partial charge in [-0.15, -0.1) is 5.73 Å². The van der Waals surface area contributed by atoms with Crippen molar-refractivity contribution in [3.8, 4) is 11.5 Å². The molecule has 1 saturated heterocycles. The lowest BCUT2D eigenvalue weighted by atomic mass is 10.0. The van der Waals surface area contributed by atoms with Gasteiger partial charge in [0.25, 0.3) is 5.91 Å². The van der Waals surface area contributed by atoms with Crippen LogP contribution >= 0.6 is 0 Å². The number of nitrogens with zero attached hydrogens (tertiary/aromatic N) is 5. The van der Waals surface area contributed by atoms with Crippen LogP contribution in [0, 0.1) is 0 Å². The monoisotopic (exact) mass is 579 g/mol. The molecule has 1 fully saturated rings. The molecule has 0 bridgehead atoms. The second-order valence-electron chi connectivity index (χ2n) is 11.3. The van der Waals surface area contributed by atoms with Crippen LogP contribution in [0.25, 0.3) is 0 Å². The third-order valence-electron chi connectivity index (χ3n) is 7.12. The number of aromatic nitrogens is 1. The Hall–Kier alpha value is -4.08. The van der Waals surface area contributed by atoms with Gasteiger partial charge in [0.1, 0.15) is 30.3 Å². The summed E-state index contributed by atoms with van der Waals surface area (Å²) in [5.74, 6) is 1.76. The van der Waals surface area contributed by atoms with E-state index in [1.807, 2.05) is 26.8 Å². The summed E-state index contributed by atoms with van der Waals surface area (Å²) in [7, 11) is 1.58. The van der Waals surface area contributed by atoms with Crippen LogP contribution in [0.3, 0.4) is 0 Å². The molecular formula is C31H41N5O6. The van der Waals surface area contributed by atoms with Crippen molar-refractivity contribution in [1.82, 2.24) is 19.7 Å². The molecule has 3 aliphatic heterocycles. The van der Waals surface area contributed by atoms with E-state index in [0.29, 0.717) is 67.2 Å². The minimum absolute atomic E-state index is 0.0242. The number of rotatable bonds is 8. The maximum absolute atomic E-state index is 13.3. The quantitative estimate of drug-likeness (QED) is 0.335. The van der Waals surface area contributed by atoms with Gasteiger partial charge in [0.15, 0.2) is 11.5 Å². The van der Waals surface area contributed by atoms with Crippen LogP contribution in [0.5, 0.6) is 11.5 Å². The summed E-state index contributed by atoms with van der Waals surface area (Å²) < 4.78 is 22.2.